The number of carbonyl (C=O) groups excluding carboxylic acids is 3. The van der Waals surface area contributed by atoms with E-state index >= 15 is 0 Å². The van der Waals surface area contributed by atoms with Crippen LogP contribution < -0.4 is 4.65 Å². The van der Waals surface area contributed by atoms with Gasteiger partial charge in [0.05, 0.1) is 6.54 Å². The lowest BCUT2D eigenvalue weighted by molar-refractivity contribution is -0.235. The predicted molar refractivity (Wildman–Crippen MR) is 146 cm³/mol. The molecule has 11 heteroatoms. The number of quaternary nitrogens is 1. The molecule has 41 heavy (non-hydrogen) atoms. The Morgan fingerprint density at radius 2 is 1.51 bits per heavy atom. The molecule has 5 rings (SSSR count). The van der Waals surface area contributed by atoms with Gasteiger partial charge in [0.1, 0.15) is 6.54 Å². The molecule has 1 unspecified atom stereocenters. The molecule has 0 aliphatic carbocycles. The maximum Gasteiger partial charge on any atom is 0.497 e. The molecule has 0 aromatic heterocycles. The molecule has 2 heterocycles. The van der Waals surface area contributed by atoms with E-state index in [4.69, 9.17) is 16.4 Å². The Hall–Kier alpha value is -3.73. The molecular weight excluding hydrogens is 559 g/mol. The fraction of sp³-hybridized carbons (Fsp3) is 0.300. The number of carbonyl (C=O) groups is 3. The van der Waals surface area contributed by atoms with E-state index < -0.39 is 35.2 Å². The highest BCUT2D eigenvalue weighted by atomic mass is 35.5. The Labute approximate surface area is 240 Å². The summed E-state index contributed by atoms with van der Waals surface area (Å²) < 4.78 is 39.3. The summed E-state index contributed by atoms with van der Waals surface area (Å²) in [4.78, 5) is 48.3. The fourth-order valence-corrected chi connectivity index (χ4v) is 5.42. The fourth-order valence-electron chi connectivity index (χ4n) is 5.29. The van der Waals surface area contributed by atoms with E-state index in [1.165, 1.54) is 35.2 Å². The topological polar surface area (TPSA) is 66.9 Å². The van der Waals surface area contributed by atoms with Crippen molar-refractivity contribution in [3.8, 4) is 0 Å². The number of fused-ring (bicyclic) bond motifs is 1. The standard InChI is InChI=1S/C30H28ClF3N3O4/c31-25-13-11-23(12-14-25)28(39)36-18-24-5-1-2-6-26(24)37(27(38)19-36,41-29(40)30(32,33)34)20-22-9-7-21(8-10-22)17-35-15-3-4-16-35/h1-2,5-14H,3-4,15-20H2/q+1. The monoisotopic (exact) mass is 586 g/mol. The summed E-state index contributed by atoms with van der Waals surface area (Å²) in [5.41, 5.74) is 2.20. The van der Waals surface area contributed by atoms with Crippen molar-refractivity contribution in [2.75, 3.05) is 19.6 Å². The lowest BCUT2D eigenvalue weighted by Crippen LogP contribution is -2.58. The third-order valence-electron chi connectivity index (χ3n) is 7.35. The first-order valence-electron chi connectivity index (χ1n) is 13.2. The first kappa shape index (κ1) is 28.8. The highest BCUT2D eigenvalue weighted by Gasteiger charge is 2.55. The Bertz CT molecular complexity index is 1440. The quantitative estimate of drug-likeness (QED) is 0.350. The van der Waals surface area contributed by atoms with Crippen LogP contribution in [0.4, 0.5) is 18.9 Å². The summed E-state index contributed by atoms with van der Waals surface area (Å²) in [5, 5.41) is 0.417. The SMILES string of the molecule is O=C(c1ccc(Cl)cc1)N1CC(=O)[N+](Cc2ccc(CN3CCCC3)cc2)(OC(=O)C(F)(F)F)c2ccccc2C1. The van der Waals surface area contributed by atoms with Crippen LogP contribution in [0.1, 0.15) is 39.9 Å². The number of hydroxylamine groups is 2. The van der Waals surface area contributed by atoms with Crippen LogP contribution in [0.5, 0.6) is 0 Å². The lowest BCUT2D eigenvalue weighted by atomic mass is 10.1. The first-order valence-corrected chi connectivity index (χ1v) is 13.6. The van der Waals surface area contributed by atoms with E-state index in [1.807, 2.05) is 12.1 Å². The molecule has 2 amide bonds. The minimum Gasteiger partial charge on any atom is -0.320 e. The van der Waals surface area contributed by atoms with Gasteiger partial charge < -0.3 is 4.90 Å². The average Bonchev–Trinajstić information content (AvgIpc) is 3.42. The number of likely N-dealkylation sites (tertiary alicyclic amines) is 1. The van der Waals surface area contributed by atoms with Crippen LogP contribution in [0, 0.1) is 0 Å². The minimum atomic E-state index is -5.34. The number of alkyl halides is 3. The van der Waals surface area contributed by atoms with Gasteiger partial charge in [0.25, 0.3) is 5.91 Å². The van der Waals surface area contributed by atoms with E-state index in [-0.39, 0.29) is 24.3 Å². The molecule has 2 aliphatic heterocycles. The molecule has 214 valence electrons. The van der Waals surface area contributed by atoms with Crippen LogP contribution in [0.25, 0.3) is 0 Å². The van der Waals surface area contributed by atoms with Gasteiger partial charge in [0.2, 0.25) is 0 Å². The third-order valence-corrected chi connectivity index (χ3v) is 7.60. The zero-order valence-electron chi connectivity index (χ0n) is 22.1. The molecule has 1 saturated heterocycles. The van der Waals surface area contributed by atoms with Crippen LogP contribution in [0.2, 0.25) is 5.02 Å². The number of rotatable bonds is 6. The smallest absolute Gasteiger partial charge is 0.320 e. The maximum atomic E-state index is 14.0. The lowest BCUT2D eigenvalue weighted by Gasteiger charge is -2.31. The molecule has 3 aromatic rings. The van der Waals surface area contributed by atoms with Crippen molar-refractivity contribution < 1.29 is 32.4 Å². The van der Waals surface area contributed by atoms with Gasteiger partial charge in [-0.2, -0.15) is 13.2 Å². The minimum absolute atomic E-state index is 0.0580. The number of halogens is 4. The van der Waals surface area contributed by atoms with Crippen molar-refractivity contribution in [2.24, 2.45) is 0 Å². The Kier molecular flexibility index (Phi) is 8.17. The molecule has 1 atom stereocenters. The summed E-state index contributed by atoms with van der Waals surface area (Å²) in [6.07, 6.45) is -3.06. The average molecular weight is 587 g/mol. The highest BCUT2D eigenvalue weighted by Crippen LogP contribution is 2.37. The molecule has 0 bridgehead atoms. The van der Waals surface area contributed by atoms with E-state index in [0.29, 0.717) is 16.1 Å². The van der Waals surface area contributed by atoms with Gasteiger partial charge in [-0.3, -0.25) is 14.5 Å². The van der Waals surface area contributed by atoms with Gasteiger partial charge in [0.15, 0.2) is 12.2 Å². The highest BCUT2D eigenvalue weighted by molar-refractivity contribution is 6.30. The second-order valence-electron chi connectivity index (χ2n) is 10.3. The van der Waals surface area contributed by atoms with Crippen molar-refractivity contribution in [1.82, 2.24) is 14.4 Å². The second-order valence-corrected chi connectivity index (χ2v) is 10.7. The number of para-hydroxylation sites is 1. The second kappa shape index (κ2) is 11.6. The van der Waals surface area contributed by atoms with Gasteiger partial charge in [-0.05, 0) is 60.4 Å². The Morgan fingerprint density at radius 3 is 2.17 bits per heavy atom. The summed E-state index contributed by atoms with van der Waals surface area (Å²) >= 11 is 5.95. The molecule has 3 aromatic carbocycles. The number of benzene rings is 3. The van der Waals surface area contributed by atoms with Crippen LogP contribution >= 0.6 is 11.6 Å². The summed E-state index contributed by atoms with van der Waals surface area (Å²) in [6, 6.07) is 19.5. The molecule has 0 radical (unpaired) electrons. The normalized spacial score (nSPS) is 19.5. The van der Waals surface area contributed by atoms with Crippen LogP contribution in [0.3, 0.4) is 0 Å². The van der Waals surface area contributed by atoms with E-state index in [0.717, 1.165) is 38.0 Å². The van der Waals surface area contributed by atoms with E-state index in [2.05, 4.69) is 4.90 Å². The van der Waals surface area contributed by atoms with Crippen molar-refractivity contribution in [2.45, 2.75) is 38.7 Å². The van der Waals surface area contributed by atoms with Crippen LogP contribution in [0.15, 0.2) is 72.8 Å². The van der Waals surface area contributed by atoms with Crippen molar-refractivity contribution in [3.63, 3.8) is 0 Å². The van der Waals surface area contributed by atoms with Gasteiger partial charge in [-0.1, -0.05) is 54.1 Å². The molecule has 1 fully saturated rings. The zero-order valence-corrected chi connectivity index (χ0v) is 22.8. The predicted octanol–water partition coefficient (Wildman–Crippen LogP) is 5.65. The van der Waals surface area contributed by atoms with Gasteiger partial charge in [-0.25, -0.2) is 9.59 Å². The molecule has 2 aliphatic rings. The van der Waals surface area contributed by atoms with Crippen molar-refractivity contribution >= 4 is 35.1 Å². The van der Waals surface area contributed by atoms with E-state index in [9.17, 15) is 27.6 Å². The van der Waals surface area contributed by atoms with Crippen LogP contribution in [-0.2, 0) is 34.1 Å². The van der Waals surface area contributed by atoms with Crippen molar-refractivity contribution in [1.29, 1.82) is 0 Å². The Morgan fingerprint density at radius 1 is 0.878 bits per heavy atom. The van der Waals surface area contributed by atoms with Gasteiger partial charge >= 0.3 is 18.1 Å². The molecule has 0 saturated carbocycles. The van der Waals surface area contributed by atoms with Crippen molar-refractivity contribution in [3.05, 3.63) is 100 Å². The largest absolute Gasteiger partial charge is 0.497 e. The van der Waals surface area contributed by atoms with Gasteiger partial charge in [0, 0.05) is 34.3 Å². The summed E-state index contributed by atoms with van der Waals surface area (Å²) in [7, 11) is 0. The molecular formula is C30H28ClF3N3O4+. The molecule has 0 spiro atoms. The maximum absolute atomic E-state index is 14.0. The molecule has 0 N–H and O–H groups in total. The third kappa shape index (κ3) is 6.29. The zero-order chi connectivity index (χ0) is 29.2. The Balaban J connectivity index is 1.52. The summed E-state index contributed by atoms with van der Waals surface area (Å²) in [5.74, 6) is -3.90. The number of hydrogen-bond donors (Lipinski definition) is 0. The number of amides is 2. The summed E-state index contributed by atoms with van der Waals surface area (Å²) in [6.45, 7) is 1.70. The first-order chi connectivity index (χ1) is 19.5. The molecule has 7 nitrogen and oxygen atoms in total. The number of nitrogens with zero attached hydrogens (tertiary/aromatic N) is 3. The van der Waals surface area contributed by atoms with Gasteiger partial charge in [-0.15, -0.1) is 0 Å². The van der Waals surface area contributed by atoms with Crippen LogP contribution in [-0.4, -0.2) is 53.4 Å². The van der Waals surface area contributed by atoms with E-state index in [1.54, 1.807) is 30.3 Å². The number of hydrogen-bond acceptors (Lipinski definition) is 5.